The van der Waals surface area contributed by atoms with E-state index in [2.05, 4.69) is 29.1 Å². The minimum atomic E-state index is -0.141. The van der Waals surface area contributed by atoms with E-state index in [0.717, 1.165) is 16.5 Å². The molecule has 0 aliphatic rings. The highest BCUT2D eigenvalue weighted by atomic mass is 16.5. The summed E-state index contributed by atoms with van der Waals surface area (Å²) in [7, 11) is 0. The van der Waals surface area contributed by atoms with Crippen molar-refractivity contribution in [3.8, 4) is 5.75 Å². The molecule has 1 aromatic carbocycles. The number of nitrogens with one attached hydrogen (secondary N) is 1. The van der Waals surface area contributed by atoms with E-state index >= 15 is 0 Å². The Kier molecular flexibility index (Phi) is 10.2. The second kappa shape index (κ2) is 12.4. The van der Waals surface area contributed by atoms with Crippen molar-refractivity contribution in [3.63, 3.8) is 0 Å². The number of benzene rings is 1. The summed E-state index contributed by atoms with van der Waals surface area (Å²) in [6, 6.07) is 11.3. The number of pyridine rings is 2. The zero-order valence-corrected chi connectivity index (χ0v) is 16.8. The van der Waals surface area contributed by atoms with E-state index in [1.807, 2.05) is 44.2 Å². The Hall–Kier alpha value is -2.95. The number of hydrogen-bond acceptors (Lipinski definition) is 4. The van der Waals surface area contributed by atoms with E-state index in [9.17, 15) is 4.79 Å². The third-order valence-corrected chi connectivity index (χ3v) is 3.14. The lowest BCUT2D eigenvalue weighted by atomic mass is 10.1. The van der Waals surface area contributed by atoms with Crippen LogP contribution in [-0.2, 0) is 11.4 Å². The van der Waals surface area contributed by atoms with Gasteiger partial charge in [-0.05, 0) is 29.8 Å². The van der Waals surface area contributed by atoms with Crippen molar-refractivity contribution >= 4 is 22.5 Å². The van der Waals surface area contributed by atoms with Crippen LogP contribution in [-0.4, -0.2) is 15.9 Å². The van der Waals surface area contributed by atoms with Crippen molar-refractivity contribution in [2.75, 3.05) is 5.32 Å². The minimum Gasteiger partial charge on any atom is -0.489 e. The summed E-state index contributed by atoms with van der Waals surface area (Å²) < 4.78 is 5.82. The average molecular weight is 367 g/mol. The van der Waals surface area contributed by atoms with Crippen LogP contribution in [0.5, 0.6) is 5.75 Å². The highest BCUT2D eigenvalue weighted by Gasteiger charge is 2.07. The van der Waals surface area contributed by atoms with Gasteiger partial charge >= 0.3 is 0 Å². The van der Waals surface area contributed by atoms with Crippen molar-refractivity contribution in [1.82, 2.24) is 9.97 Å². The zero-order chi connectivity index (χ0) is 20.1. The number of hydrogen-bond donors (Lipinski definition) is 1. The van der Waals surface area contributed by atoms with Crippen LogP contribution in [0.4, 0.5) is 5.69 Å². The topological polar surface area (TPSA) is 64.1 Å². The first-order valence-corrected chi connectivity index (χ1v) is 9.32. The fourth-order valence-corrected chi connectivity index (χ4v) is 2.18. The zero-order valence-electron chi connectivity index (χ0n) is 16.8. The summed E-state index contributed by atoms with van der Waals surface area (Å²) in [5.41, 5.74) is 2.42. The maximum atomic E-state index is 11.4. The van der Waals surface area contributed by atoms with Gasteiger partial charge < -0.3 is 10.1 Å². The summed E-state index contributed by atoms with van der Waals surface area (Å²) in [6.07, 6.45) is 6.41. The highest BCUT2D eigenvalue weighted by molar-refractivity contribution is 6.00. The van der Waals surface area contributed by atoms with E-state index < -0.39 is 0 Å². The summed E-state index contributed by atoms with van der Waals surface area (Å²) in [5.74, 6) is 0.541. The maximum absolute atomic E-state index is 11.4. The molecule has 27 heavy (non-hydrogen) atoms. The smallest absolute Gasteiger partial charge is 0.221 e. The van der Waals surface area contributed by atoms with Crippen LogP contribution >= 0.6 is 0 Å². The maximum Gasteiger partial charge on any atom is 0.221 e. The molecular weight excluding hydrogens is 338 g/mol. The fraction of sp³-hybridized carbons (Fsp3) is 0.318. The standard InChI is InChI=1S/C17H15N3O2.C3H8.C2H6/c1-12(21)20-16-10-15(9-14-3-2-6-19-17(14)16)22-11-13-4-7-18-8-5-13;1-3-2;1-2/h2-10H,11H2,1H3,(H,20,21);3H2,1-2H3;1-2H3. The van der Waals surface area contributed by atoms with Gasteiger partial charge in [0.15, 0.2) is 0 Å². The first kappa shape index (κ1) is 22.1. The van der Waals surface area contributed by atoms with Gasteiger partial charge in [-0.3, -0.25) is 14.8 Å². The molecule has 0 fully saturated rings. The molecule has 0 saturated carbocycles. The molecule has 2 aromatic heterocycles. The predicted octanol–water partition coefficient (Wildman–Crippen LogP) is 5.61. The Morgan fingerprint density at radius 3 is 2.37 bits per heavy atom. The molecule has 0 atom stereocenters. The molecule has 5 heteroatoms. The molecule has 1 N–H and O–H groups in total. The van der Waals surface area contributed by atoms with Crippen LogP contribution in [0.3, 0.4) is 0 Å². The molecule has 2 heterocycles. The molecule has 0 radical (unpaired) electrons. The van der Waals surface area contributed by atoms with Gasteiger partial charge in [-0.1, -0.05) is 40.2 Å². The number of anilines is 1. The predicted molar refractivity (Wildman–Crippen MR) is 112 cm³/mol. The lowest BCUT2D eigenvalue weighted by Crippen LogP contribution is -2.07. The van der Waals surface area contributed by atoms with Crippen molar-refractivity contribution in [3.05, 3.63) is 60.6 Å². The Morgan fingerprint density at radius 2 is 1.74 bits per heavy atom. The van der Waals surface area contributed by atoms with Crippen molar-refractivity contribution in [2.24, 2.45) is 0 Å². The van der Waals surface area contributed by atoms with Crippen LogP contribution in [0.1, 0.15) is 46.6 Å². The van der Waals surface area contributed by atoms with Gasteiger partial charge in [0.2, 0.25) is 5.91 Å². The number of carbonyl (C=O) groups is 1. The number of ether oxygens (including phenoxy) is 1. The van der Waals surface area contributed by atoms with Gasteiger partial charge in [-0.2, -0.15) is 0 Å². The van der Waals surface area contributed by atoms with Crippen molar-refractivity contribution in [2.45, 2.75) is 47.6 Å². The van der Waals surface area contributed by atoms with Crippen LogP contribution < -0.4 is 10.1 Å². The number of fused-ring (bicyclic) bond motifs is 1. The molecule has 0 aliphatic heterocycles. The first-order chi connectivity index (χ1) is 13.1. The van der Waals surface area contributed by atoms with E-state index in [0.29, 0.717) is 18.0 Å². The van der Waals surface area contributed by atoms with Crippen LogP contribution in [0, 0.1) is 0 Å². The lowest BCUT2D eigenvalue weighted by molar-refractivity contribution is -0.114. The number of nitrogens with zero attached hydrogens (tertiary/aromatic N) is 2. The number of rotatable bonds is 4. The quantitative estimate of drug-likeness (QED) is 0.651. The van der Waals surface area contributed by atoms with Crippen LogP contribution in [0.25, 0.3) is 10.9 Å². The van der Waals surface area contributed by atoms with Gasteiger partial charge in [-0.15, -0.1) is 0 Å². The lowest BCUT2D eigenvalue weighted by Gasteiger charge is -2.11. The Balaban J connectivity index is 0.000000665. The van der Waals surface area contributed by atoms with Gasteiger partial charge in [0.25, 0.3) is 0 Å². The second-order valence-electron chi connectivity index (χ2n) is 5.58. The van der Waals surface area contributed by atoms with Gasteiger partial charge in [-0.25, -0.2) is 0 Å². The van der Waals surface area contributed by atoms with Crippen molar-refractivity contribution < 1.29 is 9.53 Å². The Labute approximate surface area is 161 Å². The number of aromatic nitrogens is 2. The van der Waals surface area contributed by atoms with E-state index in [4.69, 9.17) is 4.74 Å². The minimum absolute atomic E-state index is 0.141. The molecular formula is C22H29N3O2. The summed E-state index contributed by atoms with van der Waals surface area (Å²) in [4.78, 5) is 19.7. The van der Waals surface area contributed by atoms with Gasteiger partial charge in [0, 0.05) is 37.0 Å². The van der Waals surface area contributed by atoms with Gasteiger partial charge in [0.05, 0.1) is 11.2 Å². The highest BCUT2D eigenvalue weighted by Crippen LogP contribution is 2.28. The monoisotopic (exact) mass is 367 g/mol. The molecule has 0 spiro atoms. The molecule has 0 bridgehead atoms. The normalized spacial score (nSPS) is 9.37. The molecule has 144 valence electrons. The first-order valence-electron chi connectivity index (χ1n) is 9.32. The molecule has 3 rings (SSSR count). The van der Waals surface area contributed by atoms with E-state index in [-0.39, 0.29) is 5.91 Å². The molecule has 0 aliphatic carbocycles. The summed E-state index contributed by atoms with van der Waals surface area (Å²) >= 11 is 0. The Morgan fingerprint density at radius 1 is 1.07 bits per heavy atom. The molecule has 0 unspecified atom stereocenters. The van der Waals surface area contributed by atoms with Gasteiger partial charge in [0.1, 0.15) is 12.4 Å². The third kappa shape index (κ3) is 7.44. The van der Waals surface area contributed by atoms with E-state index in [1.165, 1.54) is 13.3 Å². The number of carbonyl (C=O) groups excluding carboxylic acids is 1. The van der Waals surface area contributed by atoms with Crippen LogP contribution in [0.15, 0.2) is 55.0 Å². The molecule has 0 saturated heterocycles. The molecule has 5 nitrogen and oxygen atoms in total. The largest absolute Gasteiger partial charge is 0.489 e. The number of amides is 1. The second-order valence-corrected chi connectivity index (χ2v) is 5.58. The average Bonchev–Trinajstić information content (AvgIpc) is 2.69. The van der Waals surface area contributed by atoms with Crippen LogP contribution in [0.2, 0.25) is 0 Å². The summed E-state index contributed by atoms with van der Waals surface area (Å²) in [6.45, 7) is 10.2. The summed E-state index contributed by atoms with van der Waals surface area (Å²) in [5, 5.41) is 3.71. The SMILES string of the molecule is CC.CC(=O)Nc1cc(OCc2ccncc2)cc2cccnc12.CCC. The molecule has 3 aromatic rings. The van der Waals surface area contributed by atoms with E-state index in [1.54, 1.807) is 24.7 Å². The Bertz CT molecular complexity index is 820. The fourth-order valence-electron chi connectivity index (χ4n) is 2.18. The van der Waals surface area contributed by atoms with Crippen molar-refractivity contribution in [1.29, 1.82) is 0 Å². The third-order valence-electron chi connectivity index (χ3n) is 3.14. The molecule has 1 amide bonds.